The van der Waals surface area contributed by atoms with Gasteiger partial charge in [-0.1, -0.05) is 0 Å². The Kier molecular flexibility index (Phi) is 6.09. The third-order valence-corrected chi connectivity index (χ3v) is 3.31. The lowest BCUT2D eigenvalue weighted by Crippen LogP contribution is -2.56. The van der Waals surface area contributed by atoms with Crippen LogP contribution in [-0.2, 0) is 14.3 Å². The molecule has 0 saturated carbocycles. The molecule has 1 aliphatic rings. The second kappa shape index (κ2) is 7.29. The highest BCUT2D eigenvalue weighted by molar-refractivity contribution is 5.80. The molecule has 10 heteroatoms. The van der Waals surface area contributed by atoms with Crippen molar-refractivity contribution in [3.05, 3.63) is 0 Å². The van der Waals surface area contributed by atoms with Gasteiger partial charge in [-0.2, -0.15) is 0 Å². The van der Waals surface area contributed by atoms with E-state index in [2.05, 4.69) is 5.32 Å². The minimum Gasteiger partial charge on any atom is -0.480 e. The molecule has 3 N–H and O–H groups in total. The summed E-state index contributed by atoms with van der Waals surface area (Å²) in [5.41, 5.74) is -0.839. The summed E-state index contributed by atoms with van der Waals surface area (Å²) in [5, 5.41) is 20.7. The monoisotopic (exact) mass is 352 g/mol. The maximum Gasteiger partial charge on any atom is 0.408 e. The molecule has 8 nitrogen and oxygen atoms in total. The van der Waals surface area contributed by atoms with Crippen LogP contribution < -0.4 is 5.32 Å². The number of halogens is 2. The van der Waals surface area contributed by atoms with Crippen LogP contribution in [0.2, 0.25) is 0 Å². The number of aliphatic hydroxyl groups is 1. The number of aliphatic carboxylic acids is 1. The van der Waals surface area contributed by atoms with Gasteiger partial charge in [-0.3, -0.25) is 4.79 Å². The molecule has 1 aliphatic heterocycles. The van der Waals surface area contributed by atoms with Gasteiger partial charge in [0, 0.05) is 19.4 Å². The molecule has 0 aromatic rings. The highest BCUT2D eigenvalue weighted by Gasteiger charge is 2.48. The molecule has 2 amide bonds. The first kappa shape index (κ1) is 20.1. The molecule has 138 valence electrons. The molecular formula is C14H22F2N2O6. The van der Waals surface area contributed by atoms with E-state index in [1.807, 2.05) is 0 Å². The first-order valence-corrected chi connectivity index (χ1v) is 7.41. The van der Waals surface area contributed by atoms with E-state index in [1.165, 1.54) is 0 Å². The first-order chi connectivity index (χ1) is 10.8. The predicted octanol–water partition coefficient (Wildman–Crippen LogP) is 0.930. The number of likely N-dealkylation sites (tertiary alicyclic amines) is 1. The lowest BCUT2D eigenvalue weighted by molar-refractivity contribution is -0.205. The zero-order valence-corrected chi connectivity index (χ0v) is 13.7. The Bertz CT molecular complexity index is 506. The number of alkyl halides is 2. The lowest BCUT2D eigenvalue weighted by Gasteiger charge is -2.37. The molecule has 0 radical (unpaired) electrons. The number of carbonyl (C=O) groups is 3. The highest BCUT2D eigenvalue weighted by Crippen LogP contribution is 2.32. The fourth-order valence-corrected chi connectivity index (χ4v) is 2.13. The average molecular weight is 352 g/mol. The summed E-state index contributed by atoms with van der Waals surface area (Å²) in [5.74, 6) is -5.56. The van der Waals surface area contributed by atoms with Gasteiger partial charge in [-0.05, 0) is 27.2 Å². The van der Waals surface area contributed by atoms with Crippen molar-refractivity contribution in [2.45, 2.75) is 63.8 Å². The van der Waals surface area contributed by atoms with Gasteiger partial charge in [0.25, 0.3) is 5.92 Å². The summed E-state index contributed by atoms with van der Waals surface area (Å²) in [6, 6.07) is -1.45. The molecule has 0 unspecified atom stereocenters. The molecule has 0 spiro atoms. The quantitative estimate of drug-likeness (QED) is 0.678. The van der Waals surface area contributed by atoms with E-state index >= 15 is 0 Å². The van der Waals surface area contributed by atoms with Gasteiger partial charge >= 0.3 is 12.1 Å². The molecule has 0 bridgehead atoms. The number of nitrogens with one attached hydrogen (secondary N) is 1. The molecule has 1 rings (SSSR count). The summed E-state index contributed by atoms with van der Waals surface area (Å²) < 4.78 is 31.8. The second-order valence-electron chi connectivity index (χ2n) is 6.55. The van der Waals surface area contributed by atoms with E-state index in [9.17, 15) is 28.3 Å². The fourth-order valence-electron chi connectivity index (χ4n) is 2.13. The maximum absolute atomic E-state index is 13.5. The average Bonchev–Trinajstić information content (AvgIpc) is 2.40. The summed E-state index contributed by atoms with van der Waals surface area (Å²) in [6.45, 7) is 4.33. The fraction of sp³-hybridized carbons (Fsp3) is 0.786. The van der Waals surface area contributed by atoms with Gasteiger partial charge in [-0.15, -0.1) is 0 Å². The van der Waals surface area contributed by atoms with Crippen LogP contribution in [0.3, 0.4) is 0 Å². The molecule has 0 aromatic heterocycles. The van der Waals surface area contributed by atoms with Crippen LogP contribution >= 0.6 is 0 Å². The smallest absolute Gasteiger partial charge is 0.408 e. The van der Waals surface area contributed by atoms with Crippen LogP contribution in [0, 0.1) is 0 Å². The van der Waals surface area contributed by atoms with Gasteiger partial charge in [0.2, 0.25) is 5.91 Å². The number of nitrogens with zero attached hydrogens (tertiary/aromatic N) is 1. The molecule has 0 aliphatic carbocycles. The van der Waals surface area contributed by atoms with Crippen molar-refractivity contribution in [3.63, 3.8) is 0 Å². The minimum absolute atomic E-state index is 0.354. The number of hydrogen-bond donors (Lipinski definition) is 3. The molecule has 24 heavy (non-hydrogen) atoms. The number of aliphatic hydroxyl groups excluding tert-OH is 1. The SMILES string of the molecule is CC(C)(C)OC(=O)N[C@@H](CCN1C(=O)CCC(F)(F)[C@@H]1O)C(=O)O. The van der Waals surface area contributed by atoms with Crippen LogP contribution in [0.15, 0.2) is 0 Å². The summed E-state index contributed by atoms with van der Waals surface area (Å²) in [7, 11) is 0. The molecule has 2 atom stereocenters. The number of carboxylic acid groups (broad SMARTS) is 1. The van der Waals surface area contributed by atoms with Gasteiger partial charge in [-0.25, -0.2) is 18.4 Å². The van der Waals surface area contributed by atoms with E-state index in [-0.39, 0.29) is 6.42 Å². The zero-order chi connectivity index (χ0) is 18.7. The van der Waals surface area contributed by atoms with Crippen molar-refractivity contribution in [3.8, 4) is 0 Å². The van der Waals surface area contributed by atoms with Crippen molar-refractivity contribution >= 4 is 18.0 Å². The van der Waals surface area contributed by atoms with Crippen molar-refractivity contribution in [1.82, 2.24) is 10.2 Å². The Morgan fingerprint density at radius 1 is 1.46 bits per heavy atom. The van der Waals surface area contributed by atoms with E-state index in [4.69, 9.17) is 9.84 Å². The first-order valence-electron chi connectivity index (χ1n) is 7.41. The molecular weight excluding hydrogens is 330 g/mol. The topological polar surface area (TPSA) is 116 Å². The highest BCUT2D eigenvalue weighted by atomic mass is 19.3. The number of hydrogen-bond acceptors (Lipinski definition) is 5. The number of ether oxygens (including phenoxy) is 1. The van der Waals surface area contributed by atoms with E-state index in [1.54, 1.807) is 20.8 Å². The normalized spacial score (nSPS) is 22.0. The Morgan fingerprint density at radius 3 is 2.54 bits per heavy atom. The van der Waals surface area contributed by atoms with Gasteiger partial charge < -0.3 is 25.2 Å². The maximum atomic E-state index is 13.5. The van der Waals surface area contributed by atoms with Crippen molar-refractivity contribution in [2.75, 3.05) is 6.54 Å². The van der Waals surface area contributed by atoms with Crippen LogP contribution in [0.1, 0.15) is 40.0 Å². The Hall–Kier alpha value is -1.97. The van der Waals surface area contributed by atoms with Crippen LogP contribution in [0.5, 0.6) is 0 Å². The second-order valence-corrected chi connectivity index (χ2v) is 6.55. The molecule has 1 fully saturated rings. The molecule has 0 aromatic carbocycles. The third-order valence-electron chi connectivity index (χ3n) is 3.31. The van der Waals surface area contributed by atoms with Crippen LogP contribution in [-0.4, -0.2) is 63.4 Å². The van der Waals surface area contributed by atoms with Crippen LogP contribution in [0.4, 0.5) is 13.6 Å². The number of carbonyl (C=O) groups excluding carboxylic acids is 2. The lowest BCUT2D eigenvalue weighted by atomic mass is 10.0. The van der Waals surface area contributed by atoms with E-state index < -0.39 is 61.1 Å². The Balaban J connectivity index is 2.67. The minimum atomic E-state index is -3.45. The molecule has 1 heterocycles. The van der Waals surface area contributed by atoms with Gasteiger partial charge in [0.1, 0.15) is 11.6 Å². The summed E-state index contributed by atoms with van der Waals surface area (Å²) in [6.07, 6.45) is -4.85. The van der Waals surface area contributed by atoms with Gasteiger partial charge in [0.05, 0.1) is 0 Å². The number of amides is 2. The Morgan fingerprint density at radius 2 is 2.04 bits per heavy atom. The number of carboxylic acids is 1. The van der Waals surface area contributed by atoms with E-state index in [0.717, 1.165) is 0 Å². The van der Waals surface area contributed by atoms with Crippen molar-refractivity contribution in [2.24, 2.45) is 0 Å². The largest absolute Gasteiger partial charge is 0.480 e. The summed E-state index contributed by atoms with van der Waals surface area (Å²) in [4.78, 5) is 35.0. The Labute approximate surface area is 137 Å². The third kappa shape index (κ3) is 5.59. The van der Waals surface area contributed by atoms with Gasteiger partial charge in [0.15, 0.2) is 6.23 Å². The molecule has 1 saturated heterocycles. The number of piperidine rings is 1. The van der Waals surface area contributed by atoms with Crippen LogP contribution in [0.25, 0.3) is 0 Å². The van der Waals surface area contributed by atoms with Crippen molar-refractivity contribution < 1.29 is 38.1 Å². The van der Waals surface area contributed by atoms with Crippen molar-refractivity contribution in [1.29, 1.82) is 0 Å². The summed E-state index contributed by atoms with van der Waals surface area (Å²) >= 11 is 0. The number of rotatable bonds is 5. The zero-order valence-electron chi connectivity index (χ0n) is 13.7. The van der Waals surface area contributed by atoms with E-state index in [0.29, 0.717) is 4.90 Å². The predicted molar refractivity (Wildman–Crippen MR) is 77.3 cm³/mol. The standard InChI is InChI=1S/C14H22F2N2O6/c1-13(2,3)24-12(23)17-8(10(20)21)5-7-18-9(19)4-6-14(15,16)11(18)22/h8,11,22H,4-7H2,1-3H3,(H,17,23)(H,20,21)/t8-,11-/m0/s1. The number of alkyl carbamates (subject to hydrolysis) is 1.